The fourth-order valence-corrected chi connectivity index (χ4v) is 4.63. The lowest BCUT2D eigenvalue weighted by molar-refractivity contribution is 0.700. The van der Waals surface area contributed by atoms with Gasteiger partial charge in [0.15, 0.2) is 0 Å². The Hall–Kier alpha value is -1.62. The summed E-state index contributed by atoms with van der Waals surface area (Å²) in [6, 6.07) is 5.39. The third-order valence-electron chi connectivity index (χ3n) is 4.22. The molecule has 1 aliphatic carbocycles. The SMILES string of the molecule is O=c1[nH]c(C=Cc2ccc(Cl)c(Cl)c2)nc2sc3c(c12)CCCC3. The maximum atomic E-state index is 12.5. The van der Waals surface area contributed by atoms with Crippen LogP contribution in [0.25, 0.3) is 22.4 Å². The molecule has 0 atom stereocenters. The number of H-pyrrole nitrogens is 1. The molecule has 0 aliphatic heterocycles. The summed E-state index contributed by atoms with van der Waals surface area (Å²) >= 11 is 13.6. The predicted octanol–water partition coefficient (Wildman–Crippen LogP) is 5.34. The molecule has 1 aliphatic rings. The molecule has 2 aromatic heterocycles. The van der Waals surface area contributed by atoms with E-state index < -0.39 is 0 Å². The quantitative estimate of drug-likeness (QED) is 0.655. The number of rotatable bonds is 2. The minimum atomic E-state index is -0.0480. The second kappa shape index (κ2) is 6.36. The zero-order valence-electron chi connectivity index (χ0n) is 12.7. The molecular formula is C18H14Cl2N2OS. The first-order valence-corrected chi connectivity index (χ1v) is 9.37. The van der Waals surface area contributed by atoms with Crippen molar-refractivity contribution < 1.29 is 0 Å². The highest BCUT2D eigenvalue weighted by Crippen LogP contribution is 2.33. The minimum absolute atomic E-state index is 0.0480. The second-order valence-corrected chi connectivity index (χ2v) is 7.75. The van der Waals surface area contributed by atoms with E-state index in [0.29, 0.717) is 15.9 Å². The van der Waals surface area contributed by atoms with Gasteiger partial charge >= 0.3 is 0 Å². The number of thiophene rings is 1. The maximum absolute atomic E-state index is 12.5. The van der Waals surface area contributed by atoms with Gasteiger partial charge in [-0.15, -0.1) is 11.3 Å². The van der Waals surface area contributed by atoms with Crippen molar-refractivity contribution in [2.24, 2.45) is 0 Å². The van der Waals surface area contributed by atoms with Crippen LogP contribution in [0, 0.1) is 0 Å². The van der Waals surface area contributed by atoms with Gasteiger partial charge in [-0.1, -0.05) is 35.3 Å². The van der Waals surface area contributed by atoms with E-state index in [4.69, 9.17) is 23.2 Å². The van der Waals surface area contributed by atoms with Gasteiger partial charge in [0, 0.05) is 4.88 Å². The first kappa shape index (κ1) is 15.9. The molecule has 0 radical (unpaired) electrons. The molecule has 0 unspecified atom stereocenters. The van der Waals surface area contributed by atoms with Crippen LogP contribution in [0.5, 0.6) is 0 Å². The van der Waals surface area contributed by atoms with Crippen molar-refractivity contribution in [2.45, 2.75) is 25.7 Å². The van der Waals surface area contributed by atoms with Crippen LogP contribution in [0.1, 0.15) is 34.7 Å². The molecule has 0 fully saturated rings. The monoisotopic (exact) mass is 376 g/mol. The zero-order valence-corrected chi connectivity index (χ0v) is 15.1. The van der Waals surface area contributed by atoms with Crippen LogP contribution in [0.3, 0.4) is 0 Å². The fraction of sp³-hybridized carbons (Fsp3) is 0.222. The number of aryl methyl sites for hydroxylation is 2. The van der Waals surface area contributed by atoms with Gasteiger partial charge in [0.05, 0.1) is 15.4 Å². The molecule has 0 saturated heterocycles. The van der Waals surface area contributed by atoms with E-state index in [1.54, 1.807) is 29.5 Å². The lowest BCUT2D eigenvalue weighted by Crippen LogP contribution is -2.11. The summed E-state index contributed by atoms with van der Waals surface area (Å²) in [5, 5.41) is 1.80. The third kappa shape index (κ3) is 2.90. The Morgan fingerprint density at radius 3 is 2.79 bits per heavy atom. The second-order valence-electron chi connectivity index (χ2n) is 5.85. The Morgan fingerprint density at radius 1 is 1.12 bits per heavy atom. The van der Waals surface area contributed by atoms with Crippen LogP contribution < -0.4 is 5.56 Å². The van der Waals surface area contributed by atoms with Crippen molar-refractivity contribution in [1.82, 2.24) is 9.97 Å². The Balaban J connectivity index is 1.73. The lowest BCUT2D eigenvalue weighted by Gasteiger charge is -2.09. The first-order chi connectivity index (χ1) is 11.6. The summed E-state index contributed by atoms with van der Waals surface area (Å²) in [5.74, 6) is 0.553. The summed E-state index contributed by atoms with van der Waals surface area (Å²) in [6.07, 6.45) is 8.04. The fourth-order valence-electron chi connectivity index (χ4n) is 3.05. The van der Waals surface area contributed by atoms with Crippen molar-refractivity contribution in [3.63, 3.8) is 0 Å². The van der Waals surface area contributed by atoms with Crippen molar-refractivity contribution in [3.8, 4) is 0 Å². The molecule has 0 amide bonds. The zero-order chi connectivity index (χ0) is 16.7. The number of nitrogens with one attached hydrogen (secondary N) is 1. The largest absolute Gasteiger partial charge is 0.306 e. The molecule has 3 aromatic rings. The van der Waals surface area contributed by atoms with Crippen molar-refractivity contribution >= 4 is 56.9 Å². The average Bonchev–Trinajstić information content (AvgIpc) is 2.94. The van der Waals surface area contributed by atoms with Gasteiger partial charge in [0.1, 0.15) is 10.7 Å². The number of halogens is 2. The number of benzene rings is 1. The summed E-state index contributed by atoms with van der Waals surface area (Å²) in [5.41, 5.74) is 2.06. The standard InChI is InChI=1S/C18H14Cl2N2OS/c19-12-7-5-10(9-13(12)20)6-8-15-21-17(23)16-11-3-1-2-4-14(11)24-18(16)22-15/h5-9H,1-4H2,(H,21,22,23). The molecule has 24 heavy (non-hydrogen) atoms. The van der Waals surface area contributed by atoms with Gasteiger partial charge in [-0.3, -0.25) is 4.79 Å². The van der Waals surface area contributed by atoms with Crippen molar-refractivity contribution in [2.75, 3.05) is 0 Å². The third-order valence-corrected chi connectivity index (χ3v) is 6.15. The molecule has 2 heterocycles. The number of aromatic nitrogens is 2. The van der Waals surface area contributed by atoms with E-state index in [2.05, 4.69) is 9.97 Å². The van der Waals surface area contributed by atoms with Crippen LogP contribution in [-0.2, 0) is 12.8 Å². The predicted molar refractivity (Wildman–Crippen MR) is 102 cm³/mol. The van der Waals surface area contributed by atoms with Gasteiger partial charge in [0.25, 0.3) is 5.56 Å². The molecule has 4 rings (SSSR count). The number of hydrogen-bond acceptors (Lipinski definition) is 3. The van der Waals surface area contributed by atoms with Crippen LogP contribution in [0.2, 0.25) is 10.0 Å². The van der Waals surface area contributed by atoms with Gasteiger partial charge in [0.2, 0.25) is 0 Å². The van der Waals surface area contributed by atoms with Crippen LogP contribution in [0.4, 0.5) is 0 Å². The van der Waals surface area contributed by atoms with E-state index in [-0.39, 0.29) is 5.56 Å². The molecule has 1 aromatic carbocycles. The highest BCUT2D eigenvalue weighted by Gasteiger charge is 2.19. The Morgan fingerprint density at radius 2 is 1.96 bits per heavy atom. The summed E-state index contributed by atoms with van der Waals surface area (Å²) in [7, 11) is 0. The van der Waals surface area contributed by atoms with E-state index in [1.807, 2.05) is 12.1 Å². The topological polar surface area (TPSA) is 45.8 Å². The molecule has 0 saturated carbocycles. The number of aromatic amines is 1. The van der Waals surface area contributed by atoms with Gasteiger partial charge in [-0.05, 0) is 55.0 Å². The highest BCUT2D eigenvalue weighted by atomic mass is 35.5. The van der Waals surface area contributed by atoms with E-state index >= 15 is 0 Å². The lowest BCUT2D eigenvalue weighted by atomic mass is 9.97. The first-order valence-electron chi connectivity index (χ1n) is 7.79. The average molecular weight is 377 g/mol. The normalized spacial score (nSPS) is 14.4. The Labute approximate surface area is 153 Å². The summed E-state index contributed by atoms with van der Waals surface area (Å²) in [4.78, 5) is 22.1. The van der Waals surface area contributed by atoms with E-state index in [0.717, 1.165) is 35.0 Å². The molecule has 0 spiro atoms. The molecule has 1 N–H and O–H groups in total. The van der Waals surface area contributed by atoms with Gasteiger partial charge < -0.3 is 4.98 Å². The Bertz CT molecular complexity index is 1020. The van der Waals surface area contributed by atoms with Crippen molar-refractivity contribution in [1.29, 1.82) is 0 Å². The van der Waals surface area contributed by atoms with Crippen LogP contribution >= 0.6 is 34.5 Å². The smallest absolute Gasteiger partial charge is 0.260 e. The minimum Gasteiger partial charge on any atom is -0.306 e. The summed E-state index contributed by atoms with van der Waals surface area (Å²) in [6.45, 7) is 0. The highest BCUT2D eigenvalue weighted by molar-refractivity contribution is 7.18. The van der Waals surface area contributed by atoms with E-state index in [9.17, 15) is 4.79 Å². The molecule has 3 nitrogen and oxygen atoms in total. The molecular weight excluding hydrogens is 363 g/mol. The van der Waals surface area contributed by atoms with Crippen LogP contribution in [-0.4, -0.2) is 9.97 Å². The Kier molecular flexibility index (Phi) is 4.21. The number of hydrogen-bond donors (Lipinski definition) is 1. The molecule has 6 heteroatoms. The maximum Gasteiger partial charge on any atom is 0.260 e. The summed E-state index contributed by atoms with van der Waals surface area (Å²) < 4.78 is 0. The van der Waals surface area contributed by atoms with Gasteiger partial charge in [-0.2, -0.15) is 0 Å². The number of nitrogens with zero attached hydrogens (tertiary/aromatic N) is 1. The van der Waals surface area contributed by atoms with E-state index in [1.165, 1.54) is 16.9 Å². The van der Waals surface area contributed by atoms with Crippen molar-refractivity contribution in [3.05, 3.63) is 60.4 Å². The molecule has 0 bridgehead atoms. The van der Waals surface area contributed by atoms with Crippen LogP contribution in [0.15, 0.2) is 23.0 Å². The molecule has 122 valence electrons. The van der Waals surface area contributed by atoms with Gasteiger partial charge in [-0.25, -0.2) is 4.98 Å². The number of fused-ring (bicyclic) bond motifs is 3.